The number of benzene rings is 2. The molecule has 1 N–H and O–H groups in total. The SMILES string of the molecule is O=C(Cc1cccc(F)c1)c1cc2cc(C3CCCN(CC(F)(F)F)C3)ccc2[nH]1. The first-order chi connectivity index (χ1) is 14.3. The first-order valence-electron chi connectivity index (χ1n) is 9.96. The van der Waals surface area contributed by atoms with Gasteiger partial charge in [-0.15, -0.1) is 0 Å². The second-order valence-corrected chi connectivity index (χ2v) is 7.95. The monoisotopic (exact) mass is 418 g/mol. The van der Waals surface area contributed by atoms with Crippen LogP contribution in [0.25, 0.3) is 10.9 Å². The number of carbonyl (C=O) groups excluding carboxylic acids is 1. The summed E-state index contributed by atoms with van der Waals surface area (Å²) in [7, 11) is 0. The van der Waals surface area contributed by atoms with Gasteiger partial charge in [0.2, 0.25) is 0 Å². The highest BCUT2D eigenvalue weighted by Crippen LogP contribution is 2.31. The van der Waals surface area contributed by atoms with Gasteiger partial charge in [-0.1, -0.05) is 18.2 Å². The van der Waals surface area contributed by atoms with Crippen molar-refractivity contribution in [1.29, 1.82) is 0 Å². The molecule has 0 radical (unpaired) electrons. The fraction of sp³-hybridized carbons (Fsp3) is 0.348. The number of rotatable bonds is 5. The van der Waals surface area contributed by atoms with Gasteiger partial charge in [-0.3, -0.25) is 9.69 Å². The smallest absolute Gasteiger partial charge is 0.352 e. The first-order valence-corrected chi connectivity index (χ1v) is 9.96. The quantitative estimate of drug-likeness (QED) is 0.440. The van der Waals surface area contributed by atoms with Gasteiger partial charge in [-0.25, -0.2) is 4.39 Å². The largest absolute Gasteiger partial charge is 0.401 e. The van der Waals surface area contributed by atoms with Gasteiger partial charge in [0.25, 0.3) is 0 Å². The molecular weight excluding hydrogens is 396 g/mol. The number of nitrogens with one attached hydrogen (secondary N) is 1. The Morgan fingerprint density at radius 3 is 2.73 bits per heavy atom. The summed E-state index contributed by atoms with van der Waals surface area (Å²) in [6.07, 6.45) is -2.53. The molecule has 158 valence electrons. The Hall–Kier alpha value is -2.67. The minimum atomic E-state index is -4.19. The van der Waals surface area contributed by atoms with Crippen LogP contribution in [-0.2, 0) is 6.42 Å². The summed E-state index contributed by atoms with van der Waals surface area (Å²) in [5.74, 6) is -0.493. The van der Waals surface area contributed by atoms with E-state index in [1.165, 1.54) is 17.0 Å². The fourth-order valence-electron chi connectivity index (χ4n) is 4.21. The summed E-state index contributed by atoms with van der Waals surface area (Å²) in [6, 6.07) is 13.4. The molecule has 1 aromatic heterocycles. The fourth-order valence-corrected chi connectivity index (χ4v) is 4.21. The number of alkyl halides is 3. The van der Waals surface area contributed by atoms with E-state index in [1.54, 1.807) is 18.2 Å². The van der Waals surface area contributed by atoms with Crippen LogP contribution in [-0.4, -0.2) is 41.5 Å². The second-order valence-electron chi connectivity index (χ2n) is 7.95. The summed E-state index contributed by atoms with van der Waals surface area (Å²) >= 11 is 0. The standard InChI is InChI=1S/C23H22F4N2O/c24-19-5-1-3-15(9-19)10-22(30)21-12-18-11-16(6-7-20(18)28-21)17-4-2-8-29(13-17)14-23(25,26)27/h1,3,5-7,9,11-12,17,28H,2,4,8,10,13-14H2. The summed E-state index contributed by atoms with van der Waals surface area (Å²) in [5.41, 5.74) is 2.82. The van der Waals surface area contributed by atoms with E-state index < -0.39 is 12.7 Å². The highest BCUT2D eigenvalue weighted by atomic mass is 19.4. The summed E-state index contributed by atoms with van der Waals surface area (Å²) in [4.78, 5) is 17.2. The molecule has 0 bridgehead atoms. The van der Waals surface area contributed by atoms with Crippen LogP contribution in [0.15, 0.2) is 48.5 Å². The number of hydrogen-bond donors (Lipinski definition) is 1. The lowest BCUT2D eigenvalue weighted by atomic mass is 9.90. The maximum Gasteiger partial charge on any atom is 0.401 e. The van der Waals surface area contributed by atoms with Gasteiger partial charge in [0.05, 0.1) is 12.2 Å². The number of Topliss-reactive ketones (excluding diaryl/α,β-unsaturated/α-hetero) is 1. The number of hydrogen-bond acceptors (Lipinski definition) is 2. The third kappa shape index (κ3) is 4.90. The predicted octanol–water partition coefficient (Wildman–Crippen LogP) is 5.47. The van der Waals surface area contributed by atoms with Gasteiger partial charge in [0.15, 0.2) is 5.78 Å². The zero-order valence-electron chi connectivity index (χ0n) is 16.3. The molecule has 7 heteroatoms. The number of halogens is 4. The third-order valence-corrected chi connectivity index (χ3v) is 5.58. The summed E-state index contributed by atoms with van der Waals surface area (Å²) in [5, 5.41) is 0.850. The Morgan fingerprint density at radius 2 is 1.97 bits per heavy atom. The van der Waals surface area contributed by atoms with Gasteiger partial charge in [-0.05, 0) is 66.8 Å². The van der Waals surface area contributed by atoms with Gasteiger partial charge < -0.3 is 4.98 Å². The Kier molecular flexibility index (Phi) is 5.64. The molecule has 1 aliphatic heterocycles. The number of nitrogens with zero attached hydrogens (tertiary/aromatic N) is 1. The van der Waals surface area contributed by atoms with E-state index in [1.807, 2.05) is 18.2 Å². The molecule has 2 heterocycles. The molecule has 1 aliphatic rings. The van der Waals surface area contributed by atoms with Crippen LogP contribution in [0.3, 0.4) is 0 Å². The Bertz CT molecular complexity index is 1060. The lowest BCUT2D eigenvalue weighted by Gasteiger charge is -2.33. The lowest BCUT2D eigenvalue weighted by molar-refractivity contribution is -0.148. The number of fused-ring (bicyclic) bond motifs is 1. The van der Waals surface area contributed by atoms with E-state index in [-0.39, 0.29) is 23.9 Å². The van der Waals surface area contributed by atoms with Crippen molar-refractivity contribution in [3.05, 3.63) is 71.2 Å². The summed E-state index contributed by atoms with van der Waals surface area (Å²) in [6.45, 7) is -0.0451. The Morgan fingerprint density at radius 1 is 1.13 bits per heavy atom. The molecule has 0 spiro atoms. The van der Waals surface area contributed by atoms with Crippen molar-refractivity contribution in [2.24, 2.45) is 0 Å². The average molecular weight is 418 g/mol. The zero-order valence-corrected chi connectivity index (χ0v) is 16.3. The maximum atomic E-state index is 13.3. The van der Waals surface area contributed by atoms with Crippen molar-refractivity contribution in [3.63, 3.8) is 0 Å². The van der Waals surface area contributed by atoms with Gasteiger partial charge >= 0.3 is 6.18 Å². The number of carbonyl (C=O) groups is 1. The van der Waals surface area contributed by atoms with Crippen LogP contribution in [0.1, 0.15) is 40.4 Å². The molecule has 1 fully saturated rings. The van der Waals surface area contributed by atoms with E-state index in [9.17, 15) is 22.4 Å². The topological polar surface area (TPSA) is 36.1 Å². The molecule has 1 saturated heterocycles. The molecule has 1 unspecified atom stereocenters. The van der Waals surface area contributed by atoms with Gasteiger partial charge in [0.1, 0.15) is 5.82 Å². The van der Waals surface area contributed by atoms with E-state index in [0.29, 0.717) is 24.3 Å². The number of piperidine rings is 1. The number of ketones is 1. The van der Waals surface area contributed by atoms with Crippen molar-refractivity contribution in [3.8, 4) is 0 Å². The number of aromatic nitrogens is 1. The highest BCUT2D eigenvalue weighted by molar-refractivity contribution is 6.00. The minimum Gasteiger partial charge on any atom is -0.352 e. The van der Waals surface area contributed by atoms with Crippen LogP contribution < -0.4 is 0 Å². The molecule has 0 aliphatic carbocycles. The lowest BCUT2D eigenvalue weighted by Crippen LogP contribution is -2.40. The first kappa shape index (κ1) is 20.6. The van der Waals surface area contributed by atoms with Crippen LogP contribution in [0.2, 0.25) is 0 Å². The number of H-pyrrole nitrogens is 1. The molecule has 3 nitrogen and oxygen atoms in total. The summed E-state index contributed by atoms with van der Waals surface area (Å²) < 4.78 is 51.6. The van der Waals surface area contributed by atoms with Gasteiger partial charge in [-0.2, -0.15) is 13.2 Å². The molecule has 4 rings (SSSR count). The van der Waals surface area contributed by atoms with Gasteiger partial charge in [0, 0.05) is 23.9 Å². The average Bonchev–Trinajstić information content (AvgIpc) is 3.10. The molecule has 0 amide bonds. The van der Waals surface area contributed by atoms with Crippen LogP contribution >= 0.6 is 0 Å². The van der Waals surface area contributed by atoms with Crippen molar-refractivity contribution < 1.29 is 22.4 Å². The molecule has 30 heavy (non-hydrogen) atoms. The minimum absolute atomic E-state index is 0.0341. The van der Waals surface area contributed by atoms with Crippen LogP contribution in [0.4, 0.5) is 17.6 Å². The van der Waals surface area contributed by atoms with Crippen LogP contribution in [0, 0.1) is 5.82 Å². The highest BCUT2D eigenvalue weighted by Gasteiger charge is 2.33. The molecule has 1 atom stereocenters. The molecule has 2 aromatic carbocycles. The van der Waals surface area contributed by atoms with Crippen molar-refractivity contribution in [2.75, 3.05) is 19.6 Å². The normalized spacial score (nSPS) is 18.1. The Labute approximate surface area is 171 Å². The molecule has 3 aromatic rings. The van der Waals surface area contributed by atoms with Crippen LogP contribution in [0.5, 0.6) is 0 Å². The number of likely N-dealkylation sites (tertiary alicyclic amines) is 1. The third-order valence-electron chi connectivity index (χ3n) is 5.58. The second kappa shape index (κ2) is 8.22. The molecule has 0 saturated carbocycles. The van der Waals surface area contributed by atoms with E-state index in [2.05, 4.69) is 4.98 Å². The van der Waals surface area contributed by atoms with Crippen molar-refractivity contribution >= 4 is 16.7 Å². The zero-order chi connectivity index (χ0) is 21.3. The maximum absolute atomic E-state index is 13.3. The van der Waals surface area contributed by atoms with E-state index >= 15 is 0 Å². The molecular formula is C23H22F4N2O. The van der Waals surface area contributed by atoms with E-state index in [0.717, 1.165) is 29.3 Å². The Balaban J connectivity index is 1.50. The predicted molar refractivity (Wildman–Crippen MR) is 107 cm³/mol. The number of aromatic amines is 1. The van der Waals surface area contributed by atoms with Crippen molar-refractivity contribution in [2.45, 2.75) is 31.4 Å². The van der Waals surface area contributed by atoms with E-state index in [4.69, 9.17) is 0 Å². The van der Waals surface area contributed by atoms with Crippen molar-refractivity contribution in [1.82, 2.24) is 9.88 Å².